The van der Waals surface area contributed by atoms with E-state index in [1.165, 1.54) is 11.1 Å². The average molecular weight is 432 g/mol. The number of fused-ring (bicyclic) bond motifs is 3. The number of Topliss-reactive ketones (excluding diaryl/α,β-unsaturated/α-hetero) is 2. The Bertz CT molecular complexity index is 1270. The third-order valence-corrected chi connectivity index (χ3v) is 6.29. The van der Waals surface area contributed by atoms with E-state index in [2.05, 4.69) is 0 Å². The second kappa shape index (κ2) is 6.62. The number of carbonyl (C=O) groups excluding carboxylic acids is 2. The number of nitrogens with zero attached hydrogens (tertiary/aromatic N) is 1. The van der Waals surface area contributed by atoms with Gasteiger partial charge in [0.2, 0.25) is 17.1 Å². The molecular weight excluding hydrogens is 414 g/mol. The highest BCUT2D eigenvalue weighted by Gasteiger charge is 2.71. The summed E-state index contributed by atoms with van der Waals surface area (Å²) < 4.78 is 0. The van der Waals surface area contributed by atoms with Crippen molar-refractivity contribution in [1.29, 1.82) is 0 Å². The highest BCUT2D eigenvalue weighted by atomic mass is 35.5. The molecule has 0 amide bonds. The summed E-state index contributed by atoms with van der Waals surface area (Å²) in [7, 11) is 0. The predicted molar refractivity (Wildman–Crippen MR) is 117 cm³/mol. The first-order valence-electron chi connectivity index (χ1n) is 9.76. The van der Waals surface area contributed by atoms with Gasteiger partial charge >= 0.3 is 0 Å². The molecule has 0 saturated carbocycles. The van der Waals surface area contributed by atoms with Gasteiger partial charge < -0.3 is 15.1 Å². The van der Waals surface area contributed by atoms with Gasteiger partial charge in [-0.2, -0.15) is 0 Å². The largest absolute Gasteiger partial charge is 0.372 e. The van der Waals surface area contributed by atoms with Gasteiger partial charge in [-0.25, -0.2) is 0 Å². The number of hydrogen-bond donors (Lipinski definition) is 2. The zero-order valence-electron chi connectivity index (χ0n) is 16.5. The van der Waals surface area contributed by atoms with E-state index < -0.39 is 22.9 Å². The molecule has 3 aromatic rings. The summed E-state index contributed by atoms with van der Waals surface area (Å²) in [6.07, 6.45) is 1.36. The summed E-state index contributed by atoms with van der Waals surface area (Å²) in [6, 6.07) is 19.9. The van der Waals surface area contributed by atoms with Crippen molar-refractivity contribution in [2.45, 2.75) is 18.2 Å². The van der Waals surface area contributed by atoms with E-state index in [1.807, 2.05) is 6.92 Å². The van der Waals surface area contributed by atoms with Gasteiger partial charge in [-0.15, -0.1) is 0 Å². The number of halogens is 1. The zero-order valence-corrected chi connectivity index (χ0v) is 17.3. The van der Waals surface area contributed by atoms with Crippen LogP contribution < -0.4 is 4.90 Å². The third kappa shape index (κ3) is 2.51. The number of rotatable bonds is 3. The maximum Gasteiger partial charge on any atom is 0.211 e. The van der Waals surface area contributed by atoms with Gasteiger partial charge in [-0.05, 0) is 31.2 Å². The standard InChI is InChI=1S/C25H18ClNO4/c1-15-6-8-16(9-7-15)22(28)21-14-27(18-12-10-17(26)11-13-18)25(31)20-5-3-2-4-19(20)23(29)24(21,25)30/h2-14,30-31H,1H3/t24-,25+/m0/s1. The van der Waals surface area contributed by atoms with Gasteiger partial charge in [0.1, 0.15) is 0 Å². The van der Waals surface area contributed by atoms with Crippen LogP contribution in [-0.2, 0) is 5.72 Å². The van der Waals surface area contributed by atoms with E-state index in [4.69, 9.17) is 11.6 Å². The molecule has 3 aromatic carbocycles. The maximum absolute atomic E-state index is 13.4. The first-order chi connectivity index (χ1) is 14.8. The second-order valence-electron chi connectivity index (χ2n) is 7.84. The van der Waals surface area contributed by atoms with Crippen molar-refractivity contribution in [3.05, 3.63) is 112 Å². The highest BCUT2D eigenvalue weighted by Crippen LogP contribution is 2.55. The van der Waals surface area contributed by atoms with Crippen LogP contribution in [0.25, 0.3) is 0 Å². The molecule has 6 heteroatoms. The SMILES string of the molecule is Cc1ccc(C(=O)C2=CN(c3ccc(Cl)cc3)[C@@]3(O)c4ccccc4C(=O)[C@@]23O)cc1. The van der Waals surface area contributed by atoms with Gasteiger partial charge in [0.25, 0.3) is 0 Å². The van der Waals surface area contributed by atoms with Crippen LogP contribution in [0.5, 0.6) is 0 Å². The molecule has 0 saturated heterocycles. The fourth-order valence-corrected chi connectivity index (χ4v) is 4.54. The van der Waals surface area contributed by atoms with Crippen LogP contribution in [0, 0.1) is 6.92 Å². The summed E-state index contributed by atoms with van der Waals surface area (Å²) >= 11 is 6.01. The van der Waals surface area contributed by atoms with Crippen LogP contribution >= 0.6 is 11.6 Å². The lowest BCUT2D eigenvalue weighted by Crippen LogP contribution is -2.57. The third-order valence-electron chi connectivity index (χ3n) is 6.04. The molecule has 0 unspecified atom stereocenters. The number of anilines is 1. The fraction of sp³-hybridized carbons (Fsp3) is 0.120. The predicted octanol–water partition coefficient (Wildman–Crippen LogP) is 4.01. The minimum atomic E-state index is -2.46. The fourth-order valence-electron chi connectivity index (χ4n) is 4.41. The average Bonchev–Trinajstić information content (AvgIpc) is 3.12. The van der Waals surface area contributed by atoms with Crippen LogP contribution in [0.1, 0.15) is 31.8 Å². The van der Waals surface area contributed by atoms with Crippen molar-refractivity contribution in [2.75, 3.05) is 4.90 Å². The normalized spacial score (nSPS) is 24.1. The highest BCUT2D eigenvalue weighted by molar-refractivity contribution is 6.30. The van der Waals surface area contributed by atoms with Crippen LogP contribution in [-0.4, -0.2) is 27.4 Å². The van der Waals surface area contributed by atoms with Crippen LogP contribution in [0.3, 0.4) is 0 Å². The van der Waals surface area contributed by atoms with E-state index in [1.54, 1.807) is 72.8 Å². The van der Waals surface area contributed by atoms with Gasteiger partial charge in [-0.1, -0.05) is 65.7 Å². The number of hydrogen-bond acceptors (Lipinski definition) is 5. The Morgan fingerprint density at radius 3 is 2.26 bits per heavy atom. The summed E-state index contributed by atoms with van der Waals surface area (Å²) in [5.74, 6) is -1.24. The Balaban J connectivity index is 1.75. The molecule has 0 aromatic heterocycles. The topological polar surface area (TPSA) is 77.8 Å². The second-order valence-corrected chi connectivity index (χ2v) is 8.28. The van der Waals surface area contributed by atoms with Crippen molar-refractivity contribution >= 4 is 28.9 Å². The Morgan fingerprint density at radius 2 is 1.58 bits per heavy atom. The van der Waals surface area contributed by atoms with Crippen LogP contribution in [0.4, 0.5) is 5.69 Å². The van der Waals surface area contributed by atoms with E-state index >= 15 is 0 Å². The minimum Gasteiger partial charge on any atom is -0.372 e. The molecule has 0 bridgehead atoms. The van der Waals surface area contributed by atoms with E-state index in [-0.39, 0.29) is 16.7 Å². The molecule has 5 rings (SSSR count). The molecule has 0 radical (unpaired) electrons. The zero-order chi connectivity index (χ0) is 22.0. The van der Waals surface area contributed by atoms with Gasteiger partial charge in [0.05, 0.1) is 5.57 Å². The number of aryl methyl sites for hydroxylation is 1. The lowest BCUT2D eigenvalue weighted by Gasteiger charge is -2.39. The number of carbonyl (C=O) groups is 2. The van der Waals surface area contributed by atoms with Crippen molar-refractivity contribution in [3.63, 3.8) is 0 Å². The maximum atomic E-state index is 13.4. The molecule has 1 heterocycles. The molecule has 31 heavy (non-hydrogen) atoms. The van der Waals surface area contributed by atoms with Crippen molar-refractivity contribution in [2.24, 2.45) is 0 Å². The molecule has 2 N–H and O–H groups in total. The molecule has 0 fully saturated rings. The summed E-state index contributed by atoms with van der Waals surface area (Å²) in [6.45, 7) is 1.90. The molecule has 0 spiro atoms. The first kappa shape index (κ1) is 19.7. The van der Waals surface area contributed by atoms with Crippen LogP contribution in [0.15, 0.2) is 84.6 Å². The summed E-state index contributed by atoms with van der Waals surface area (Å²) in [4.78, 5) is 28.2. The van der Waals surface area contributed by atoms with Gasteiger partial charge in [0.15, 0.2) is 5.78 Å². The monoisotopic (exact) mass is 431 g/mol. The first-order valence-corrected chi connectivity index (χ1v) is 10.1. The lowest BCUT2D eigenvalue weighted by atomic mass is 9.82. The van der Waals surface area contributed by atoms with E-state index in [0.29, 0.717) is 16.3 Å². The number of aliphatic hydroxyl groups is 2. The van der Waals surface area contributed by atoms with Gasteiger partial charge in [0, 0.05) is 33.6 Å². The Hall–Kier alpha value is -3.25. The van der Waals surface area contributed by atoms with Crippen molar-refractivity contribution < 1.29 is 19.8 Å². The quantitative estimate of drug-likeness (QED) is 0.613. The smallest absolute Gasteiger partial charge is 0.211 e. The summed E-state index contributed by atoms with van der Waals surface area (Å²) in [5.41, 5.74) is -2.65. The molecule has 1 aliphatic carbocycles. The number of ketones is 2. The molecule has 1 aliphatic heterocycles. The molecule has 2 atom stereocenters. The number of benzene rings is 3. The molecule has 2 aliphatic rings. The Morgan fingerprint density at radius 1 is 0.935 bits per heavy atom. The molecule has 5 nitrogen and oxygen atoms in total. The van der Waals surface area contributed by atoms with E-state index in [9.17, 15) is 19.8 Å². The summed E-state index contributed by atoms with van der Waals surface area (Å²) in [5, 5.41) is 24.2. The van der Waals surface area contributed by atoms with Gasteiger partial charge in [-0.3, -0.25) is 9.59 Å². The molecule has 154 valence electrons. The lowest BCUT2D eigenvalue weighted by molar-refractivity contribution is -0.0878. The van der Waals surface area contributed by atoms with Crippen molar-refractivity contribution in [3.8, 4) is 0 Å². The van der Waals surface area contributed by atoms with Crippen molar-refractivity contribution in [1.82, 2.24) is 0 Å². The van der Waals surface area contributed by atoms with E-state index in [0.717, 1.165) is 5.56 Å². The Kier molecular flexibility index (Phi) is 4.21. The van der Waals surface area contributed by atoms with Crippen LogP contribution in [0.2, 0.25) is 5.02 Å². The minimum absolute atomic E-state index is 0.175. The Labute approximate surface area is 183 Å². The molecular formula is C25H18ClNO4.